The van der Waals surface area contributed by atoms with Crippen LogP contribution in [-0.4, -0.2) is 24.5 Å². The van der Waals surface area contributed by atoms with Crippen molar-refractivity contribution in [2.24, 2.45) is 0 Å². The fourth-order valence-electron chi connectivity index (χ4n) is 3.14. The number of nitrogen functional groups attached to an aromatic ring is 1. The molecule has 0 amide bonds. The number of halogens is 3. The molecule has 0 saturated heterocycles. The molecule has 0 atom stereocenters. The molecule has 5 rings (SSSR count). The third kappa shape index (κ3) is 3.48. The number of alkyl halides is 3. The molecule has 0 unspecified atom stereocenters. The Bertz CT molecular complexity index is 1370. The second-order valence-corrected chi connectivity index (χ2v) is 6.76. The molecule has 4 aromatic heterocycles. The first-order valence-corrected chi connectivity index (χ1v) is 9.09. The summed E-state index contributed by atoms with van der Waals surface area (Å²) >= 11 is 0. The minimum Gasteiger partial charge on any atom is -0.384 e. The molecule has 5 aromatic rings. The third-order valence-electron chi connectivity index (χ3n) is 4.74. The molecule has 0 radical (unpaired) electrons. The Morgan fingerprint density at radius 2 is 1.58 bits per heavy atom. The summed E-state index contributed by atoms with van der Waals surface area (Å²) in [7, 11) is 0. The predicted octanol–water partition coefficient (Wildman–Crippen LogP) is 4.71. The van der Waals surface area contributed by atoms with E-state index in [4.69, 9.17) is 10.3 Å². The van der Waals surface area contributed by atoms with E-state index in [9.17, 15) is 13.2 Å². The second kappa shape index (κ2) is 6.94. The van der Waals surface area contributed by atoms with E-state index in [0.717, 1.165) is 12.1 Å². The molecule has 0 aliphatic heterocycles. The lowest BCUT2D eigenvalue weighted by Gasteiger charge is -2.08. The van der Waals surface area contributed by atoms with Gasteiger partial charge >= 0.3 is 6.18 Å². The first-order valence-electron chi connectivity index (χ1n) is 9.09. The number of imidazole rings is 1. The molecule has 0 saturated carbocycles. The van der Waals surface area contributed by atoms with Crippen molar-refractivity contribution in [2.75, 3.05) is 5.73 Å². The van der Waals surface area contributed by atoms with Crippen LogP contribution in [-0.2, 0) is 6.18 Å². The lowest BCUT2D eigenvalue weighted by molar-refractivity contribution is -0.137. The number of aromatic nitrogens is 5. The second-order valence-electron chi connectivity index (χ2n) is 6.76. The van der Waals surface area contributed by atoms with Gasteiger partial charge < -0.3 is 10.3 Å². The SMILES string of the molecule is Nc1ccc(-c2noc(-c3cnc4ccc(-c5ccc(C(F)(F)F)cc5)cn34)n2)cn1. The van der Waals surface area contributed by atoms with Crippen molar-refractivity contribution in [3.8, 4) is 34.1 Å². The third-order valence-corrected chi connectivity index (χ3v) is 4.74. The van der Waals surface area contributed by atoms with E-state index in [0.29, 0.717) is 39.7 Å². The fraction of sp³-hybridized carbons (Fsp3) is 0.0476. The molecule has 0 aliphatic carbocycles. The molecular formula is C21H13F3N6O. The van der Waals surface area contributed by atoms with Gasteiger partial charge in [-0.1, -0.05) is 17.3 Å². The van der Waals surface area contributed by atoms with Gasteiger partial charge in [0, 0.05) is 18.0 Å². The average molecular weight is 422 g/mol. The normalized spacial score (nSPS) is 11.8. The Kier molecular flexibility index (Phi) is 4.21. The summed E-state index contributed by atoms with van der Waals surface area (Å²) in [5.41, 5.74) is 8.06. The molecular weight excluding hydrogens is 409 g/mol. The lowest BCUT2D eigenvalue weighted by Crippen LogP contribution is -2.04. The number of pyridine rings is 2. The summed E-state index contributed by atoms with van der Waals surface area (Å²) < 4.78 is 45.6. The molecule has 154 valence electrons. The zero-order chi connectivity index (χ0) is 21.6. The van der Waals surface area contributed by atoms with Crippen LogP contribution >= 0.6 is 0 Å². The van der Waals surface area contributed by atoms with Gasteiger partial charge in [-0.25, -0.2) is 9.97 Å². The highest BCUT2D eigenvalue weighted by Crippen LogP contribution is 2.31. The van der Waals surface area contributed by atoms with Gasteiger partial charge in [-0.3, -0.25) is 4.40 Å². The summed E-state index contributed by atoms with van der Waals surface area (Å²) in [6, 6.07) is 11.9. The molecule has 0 bridgehead atoms. The van der Waals surface area contributed by atoms with Crippen molar-refractivity contribution in [1.29, 1.82) is 0 Å². The van der Waals surface area contributed by atoms with E-state index in [1.807, 2.05) is 0 Å². The minimum absolute atomic E-state index is 0.240. The summed E-state index contributed by atoms with van der Waals surface area (Å²) in [4.78, 5) is 12.7. The molecule has 1 aromatic carbocycles. The number of hydrogen-bond donors (Lipinski definition) is 1. The Balaban J connectivity index is 1.52. The zero-order valence-corrected chi connectivity index (χ0v) is 15.7. The van der Waals surface area contributed by atoms with Gasteiger partial charge in [0.05, 0.1) is 11.8 Å². The van der Waals surface area contributed by atoms with Crippen molar-refractivity contribution in [2.45, 2.75) is 6.18 Å². The number of nitrogens with two attached hydrogens (primary N) is 1. The molecule has 7 nitrogen and oxygen atoms in total. The standard InChI is InChI=1S/C21H13F3N6O/c22-21(23,24)15-5-1-12(2-6-15)14-4-8-18-27-10-16(30(18)11-14)20-28-19(29-31-20)13-3-7-17(25)26-9-13/h1-11H,(H2,25,26). The van der Waals surface area contributed by atoms with Crippen molar-refractivity contribution in [3.63, 3.8) is 0 Å². The zero-order valence-electron chi connectivity index (χ0n) is 15.7. The van der Waals surface area contributed by atoms with E-state index < -0.39 is 11.7 Å². The van der Waals surface area contributed by atoms with Crippen LogP contribution in [0.5, 0.6) is 0 Å². The smallest absolute Gasteiger partial charge is 0.384 e. The summed E-state index contributed by atoms with van der Waals surface area (Å²) in [5, 5.41) is 3.98. The van der Waals surface area contributed by atoms with Crippen LogP contribution in [0.15, 0.2) is 71.6 Å². The Morgan fingerprint density at radius 3 is 2.29 bits per heavy atom. The quantitative estimate of drug-likeness (QED) is 0.452. The van der Waals surface area contributed by atoms with E-state index in [1.54, 1.807) is 47.3 Å². The molecule has 4 heterocycles. The number of fused-ring (bicyclic) bond motifs is 1. The van der Waals surface area contributed by atoms with Gasteiger partial charge in [0.15, 0.2) is 0 Å². The minimum atomic E-state index is -4.38. The van der Waals surface area contributed by atoms with Crippen LogP contribution in [0.4, 0.5) is 19.0 Å². The van der Waals surface area contributed by atoms with Crippen molar-refractivity contribution in [3.05, 3.63) is 72.7 Å². The van der Waals surface area contributed by atoms with Gasteiger partial charge in [0.1, 0.15) is 17.2 Å². The lowest BCUT2D eigenvalue weighted by atomic mass is 10.1. The maximum Gasteiger partial charge on any atom is 0.416 e. The highest BCUT2D eigenvalue weighted by Gasteiger charge is 2.30. The number of anilines is 1. The van der Waals surface area contributed by atoms with Crippen LogP contribution in [0.3, 0.4) is 0 Å². The van der Waals surface area contributed by atoms with Gasteiger partial charge in [-0.2, -0.15) is 18.2 Å². The van der Waals surface area contributed by atoms with Crippen molar-refractivity contribution < 1.29 is 17.7 Å². The largest absolute Gasteiger partial charge is 0.416 e. The van der Waals surface area contributed by atoms with Crippen LogP contribution in [0.25, 0.3) is 39.7 Å². The molecule has 31 heavy (non-hydrogen) atoms. The molecule has 0 fully saturated rings. The predicted molar refractivity (Wildman–Crippen MR) is 107 cm³/mol. The number of rotatable bonds is 3. The maximum atomic E-state index is 12.8. The van der Waals surface area contributed by atoms with E-state index in [-0.39, 0.29) is 5.89 Å². The summed E-state index contributed by atoms with van der Waals surface area (Å²) in [5.74, 6) is 0.963. The van der Waals surface area contributed by atoms with Crippen LogP contribution in [0.1, 0.15) is 5.56 Å². The Hall–Kier alpha value is -4.21. The fourth-order valence-corrected chi connectivity index (χ4v) is 3.14. The molecule has 10 heteroatoms. The monoisotopic (exact) mass is 422 g/mol. The number of hydrogen-bond acceptors (Lipinski definition) is 6. The van der Waals surface area contributed by atoms with Crippen molar-refractivity contribution in [1.82, 2.24) is 24.5 Å². The Labute approximate surface area is 173 Å². The van der Waals surface area contributed by atoms with Gasteiger partial charge in [-0.15, -0.1) is 0 Å². The van der Waals surface area contributed by atoms with Crippen LogP contribution < -0.4 is 5.73 Å². The number of nitrogens with zero attached hydrogens (tertiary/aromatic N) is 5. The van der Waals surface area contributed by atoms with Crippen LogP contribution in [0, 0.1) is 0 Å². The van der Waals surface area contributed by atoms with Gasteiger partial charge in [0.2, 0.25) is 5.82 Å². The Morgan fingerprint density at radius 1 is 0.839 bits per heavy atom. The first-order chi connectivity index (χ1) is 14.9. The molecule has 0 spiro atoms. The number of benzene rings is 1. The summed E-state index contributed by atoms with van der Waals surface area (Å²) in [6.45, 7) is 0. The van der Waals surface area contributed by atoms with Crippen molar-refractivity contribution >= 4 is 11.5 Å². The summed E-state index contributed by atoms with van der Waals surface area (Å²) in [6.07, 6.45) is 0.510. The highest BCUT2D eigenvalue weighted by atomic mass is 19.4. The van der Waals surface area contributed by atoms with Gasteiger partial charge in [-0.05, 0) is 47.5 Å². The average Bonchev–Trinajstić information content (AvgIpc) is 3.40. The highest BCUT2D eigenvalue weighted by molar-refractivity contribution is 5.68. The van der Waals surface area contributed by atoms with Crippen LogP contribution in [0.2, 0.25) is 0 Å². The first kappa shape index (κ1) is 18.8. The van der Waals surface area contributed by atoms with Gasteiger partial charge in [0.25, 0.3) is 5.89 Å². The van der Waals surface area contributed by atoms with E-state index in [1.165, 1.54) is 12.1 Å². The molecule has 2 N–H and O–H groups in total. The molecule has 0 aliphatic rings. The maximum absolute atomic E-state index is 12.8. The topological polar surface area (TPSA) is 95.1 Å². The van der Waals surface area contributed by atoms with E-state index in [2.05, 4.69) is 20.1 Å². The van der Waals surface area contributed by atoms with E-state index >= 15 is 0 Å².